The molecule has 3 rings (SSSR count). The number of carboxylic acid groups (broad SMARTS) is 1. The van der Waals surface area contributed by atoms with E-state index in [9.17, 15) is 9.90 Å². The van der Waals surface area contributed by atoms with E-state index in [1.54, 1.807) is 11.3 Å². The first kappa shape index (κ1) is 16.5. The van der Waals surface area contributed by atoms with Gasteiger partial charge in [-0.15, -0.1) is 11.3 Å². The second kappa shape index (κ2) is 5.94. The number of aliphatic carboxylic acids is 1. The van der Waals surface area contributed by atoms with Gasteiger partial charge in [0.05, 0.1) is 11.4 Å². The number of thiophene rings is 1. The minimum Gasteiger partial charge on any atom is -0.549 e. The number of anilines is 1. The quantitative estimate of drug-likeness (QED) is 0.674. The summed E-state index contributed by atoms with van der Waals surface area (Å²) in [6.45, 7) is 6.87. The lowest BCUT2D eigenvalue weighted by Crippen LogP contribution is -2.26. The zero-order valence-corrected chi connectivity index (χ0v) is 15.1. The minimum absolute atomic E-state index is 0.165. The SMILES string of the molecule is CC(C)(C)[C@@H]1CCc2c(sc3nc(SCC(=O)[O-])nc(N)c23)C1. The highest BCUT2D eigenvalue weighted by Crippen LogP contribution is 2.44. The van der Waals surface area contributed by atoms with Gasteiger partial charge in [-0.05, 0) is 36.2 Å². The summed E-state index contributed by atoms with van der Waals surface area (Å²) in [5.74, 6) is -0.176. The van der Waals surface area contributed by atoms with E-state index in [2.05, 4.69) is 30.7 Å². The predicted molar refractivity (Wildman–Crippen MR) is 92.5 cm³/mol. The normalized spacial score (nSPS) is 18.1. The number of aryl methyl sites for hydroxylation is 1. The van der Waals surface area contributed by atoms with E-state index in [4.69, 9.17) is 5.73 Å². The molecule has 0 aliphatic heterocycles. The molecule has 0 saturated carbocycles. The summed E-state index contributed by atoms with van der Waals surface area (Å²) in [5.41, 5.74) is 7.71. The Kier molecular flexibility index (Phi) is 4.27. The van der Waals surface area contributed by atoms with Crippen molar-refractivity contribution in [3.05, 3.63) is 10.4 Å². The lowest BCUT2D eigenvalue weighted by Gasteiger charge is -2.33. The monoisotopic (exact) mass is 350 g/mol. The Morgan fingerprint density at radius 3 is 2.83 bits per heavy atom. The Morgan fingerprint density at radius 2 is 2.17 bits per heavy atom. The van der Waals surface area contributed by atoms with E-state index in [-0.39, 0.29) is 5.75 Å². The summed E-state index contributed by atoms with van der Waals surface area (Å²) in [5, 5.41) is 12.0. The fraction of sp³-hybridized carbons (Fsp3) is 0.562. The Labute approximate surface area is 143 Å². The Balaban J connectivity index is 1.97. The molecule has 1 aliphatic rings. The highest BCUT2D eigenvalue weighted by atomic mass is 32.2. The van der Waals surface area contributed by atoms with Gasteiger partial charge in [-0.2, -0.15) is 0 Å². The number of carbonyl (C=O) groups excluding carboxylic acids is 1. The van der Waals surface area contributed by atoms with Gasteiger partial charge in [0, 0.05) is 10.6 Å². The molecule has 1 atom stereocenters. The lowest BCUT2D eigenvalue weighted by molar-refractivity contribution is -0.301. The van der Waals surface area contributed by atoms with Crippen LogP contribution in [0.4, 0.5) is 5.82 Å². The fourth-order valence-corrected chi connectivity index (χ4v) is 5.04. The van der Waals surface area contributed by atoms with E-state index in [1.807, 2.05) is 0 Å². The number of carboxylic acids is 1. The van der Waals surface area contributed by atoms with Crippen molar-refractivity contribution in [1.29, 1.82) is 0 Å². The molecule has 0 unspecified atom stereocenters. The Hall–Kier alpha value is -1.34. The molecule has 2 heterocycles. The minimum atomic E-state index is -1.13. The van der Waals surface area contributed by atoms with Crippen LogP contribution in [0.5, 0.6) is 0 Å². The molecule has 5 nitrogen and oxygen atoms in total. The van der Waals surface area contributed by atoms with E-state index < -0.39 is 5.97 Å². The molecular formula is C16H20N3O2S2-. The van der Waals surface area contributed by atoms with Crippen LogP contribution in [0.25, 0.3) is 10.2 Å². The van der Waals surface area contributed by atoms with Gasteiger partial charge in [0.15, 0.2) is 5.16 Å². The van der Waals surface area contributed by atoms with Gasteiger partial charge in [-0.25, -0.2) is 9.97 Å². The van der Waals surface area contributed by atoms with Gasteiger partial charge >= 0.3 is 0 Å². The molecule has 0 spiro atoms. The van der Waals surface area contributed by atoms with E-state index in [1.165, 1.54) is 10.4 Å². The van der Waals surface area contributed by atoms with Crippen molar-refractivity contribution in [1.82, 2.24) is 9.97 Å². The van der Waals surface area contributed by atoms with Gasteiger partial charge in [0.1, 0.15) is 10.6 Å². The summed E-state index contributed by atoms with van der Waals surface area (Å²) in [6, 6.07) is 0. The largest absolute Gasteiger partial charge is 0.549 e. The number of thioether (sulfide) groups is 1. The van der Waals surface area contributed by atoms with Crippen molar-refractivity contribution < 1.29 is 9.90 Å². The standard InChI is InChI=1S/C16H21N3O2S2/c1-16(2,3)8-4-5-9-10(6-8)23-14-12(9)13(17)18-15(19-14)22-7-11(20)21/h8H,4-7H2,1-3H3,(H,20,21)(H2,17,18,19)/p-1/t8-/m1/s1. The fourth-order valence-electron chi connectivity index (χ4n) is 3.11. The highest BCUT2D eigenvalue weighted by Gasteiger charge is 2.31. The molecule has 2 aromatic heterocycles. The van der Waals surface area contributed by atoms with Crippen LogP contribution in [0.2, 0.25) is 0 Å². The number of fused-ring (bicyclic) bond motifs is 3. The second-order valence-electron chi connectivity index (χ2n) is 7.04. The first-order valence-electron chi connectivity index (χ1n) is 7.66. The Bertz CT molecular complexity index is 765. The van der Waals surface area contributed by atoms with Crippen molar-refractivity contribution in [3.8, 4) is 0 Å². The summed E-state index contributed by atoms with van der Waals surface area (Å²) in [7, 11) is 0. The van der Waals surface area contributed by atoms with Crippen molar-refractivity contribution in [2.75, 3.05) is 11.5 Å². The maximum atomic E-state index is 10.6. The molecule has 7 heteroatoms. The third-order valence-corrected chi connectivity index (χ3v) is 6.43. The third-order valence-electron chi connectivity index (χ3n) is 4.46. The lowest BCUT2D eigenvalue weighted by atomic mass is 9.72. The molecule has 0 fully saturated rings. The first-order chi connectivity index (χ1) is 10.8. The molecule has 0 radical (unpaired) electrons. The summed E-state index contributed by atoms with van der Waals surface area (Å²) < 4.78 is 0. The molecule has 1 aliphatic carbocycles. The number of aromatic nitrogens is 2. The molecule has 0 amide bonds. The van der Waals surface area contributed by atoms with Gasteiger partial charge < -0.3 is 15.6 Å². The van der Waals surface area contributed by atoms with Crippen LogP contribution in [0.15, 0.2) is 5.16 Å². The van der Waals surface area contributed by atoms with E-state index in [0.717, 1.165) is 41.2 Å². The van der Waals surface area contributed by atoms with Gasteiger partial charge in [0.25, 0.3) is 0 Å². The van der Waals surface area contributed by atoms with E-state index >= 15 is 0 Å². The maximum Gasteiger partial charge on any atom is 0.191 e. The number of nitrogens with two attached hydrogens (primary N) is 1. The van der Waals surface area contributed by atoms with E-state index in [0.29, 0.717) is 22.3 Å². The average molecular weight is 350 g/mol. The van der Waals surface area contributed by atoms with Crippen LogP contribution >= 0.6 is 23.1 Å². The highest BCUT2D eigenvalue weighted by molar-refractivity contribution is 7.99. The van der Waals surface area contributed by atoms with Crippen molar-refractivity contribution in [3.63, 3.8) is 0 Å². The van der Waals surface area contributed by atoms with Crippen molar-refractivity contribution in [2.24, 2.45) is 11.3 Å². The summed E-state index contributed by atoms with van der Waals surface area (Å²) in [6.07, 6.45) is 3.22. The summed E-state index contributed by atoms with van der Waals surface area (Å²) >= 11 is 2.73. The maximum absolute atomic E-state index is 10.6. The van der Waals surface area contributed by atoms with Crippen LogP contribution in [-0.2, 0) is 17.6 Å². The smallest absolute Gasteiger partial charge is 0.191 e. The number of nitrogen functional groups attached to an aromatic ring is 1. The number of hydrogen-bond donors (Lipinski definition) is 1. The predicted octanol–water partition coefficient (Wildman–Crippen LogP) is 2.27. The van der Waals surface area contributed by atoms with Crippen molar-refractivity contribution >= 4 is 45.1 Å². The van der Waals surface area contributed by atoms with Gasteiger partial charge in [0.2, 0.25) is 0 Å². The summed E-state index contributed by atoms with van der Waals surface area (Å²) in [4.78, 5) is 21.6. The van der Waals surface area contributed by atoms with Crippen molar-refractivity contribution in [2.45, 2.75) is 45.2 Å². The van der Waals surface area contributed by atoms with Crippen LogP contribution in [0.1, 0.15) is 37.6 Å². The number of hydrogen-bond acceptors (Lipinski definition) is 7. The zero-order chi connectivity index (χ0) is 16.8. The number of carbonyl (C=O) groups is 1. The number of rotatable bonds is 3. The Morgan fingerprint density at radius 1 is 1.43 bits per heavy atom. The average Bonchev–Trinajstić information content (AvgIpc) is 2.81. The molecular weight excluding hydrogens is 330 g/mol. The molecule has 0 aromatic carbocycles. The van der Waals surface area contributed by atoms with Crippen LogP contribution in [0, 0.1) is 11.3 Å². The molecule has 124 valence electrons. The van der Waals surface area contributed by atoms with Crippen LogP contribution in [0.3, 0.4) is 0 Å². The van der Waals surface area contributed by atoms with Gasteiger partial charge in [-0.1, -0.05) is 32.5 Å². The molecule has 2 N–H and O–H groups in total. The molecule has 0 saturated heterocycles. The second-order valence-corrected chi connectivity index (χ2v) is 9.07. The van der Waals surface area contributed by atoms with Gasteiger partial charge in [-0.3, -0.25) is 0 Å². The first-order valence-corrected chi connectivity index (χ1v) is 9.46. The molecule has 2 aromatic rings. The molecule has 23 heavy (non-hydrogen) atoms. The third kappa shape index (κ3) is 3.30. The van der Waals surface area contributed by atoms with Crippen LogP contribution in [-0.4, -0.2) is 21.7 Å². The topological polar surface area (TPSA) is 91.9 Å². The number of nitrogens with zero attached hydrogens (tertiary/aromatic N) is 2. The molecule has 0 bridgehead atoms. The zero-order valence-electron chi connectivity index (χ0n) is 13.5. The van der Waals surface area contributed by atoms with Crippen LogP contribution < -0.4 is 10.8 Å².